The van der Waals surface area contributed by atoms with Gasteiger partial charge in [-0.1, -0.05) is 12.2 Å². The first-order chi connectivity index (χ1) is 4.89. The van der Waals surface area contributed by atoms with E-state index in [1.165, 1.54) is 6.08 Å². The maximum absolute atomic E-state index is 10.8. The topological polar surface area (TPSA) is 29.1 Å². The third-order valence-corrected chi connectivity index (χ3v) is 1.12. The Bertz CT molecular complexity index is 201. The van der Waals surface area contributed by atoms with Gasteiger partial charge in [0.25, 0.3) is 0 Å². The zero-order chi connectivity index (χ0) is 7.23. The van der Waals surface area contributed by atoms with Gasteiger partial charge in [-0.25, -0.2) is 0 Å². The highest BCUT2D eigenvalue weighted by Crippen LogP contribution is 1.90. The van der Waals surface area contributed by atoms with E-state index in [0.29, 0.717) is 6.42 Å². The number of hydrogen-bond donors (Lipinski definition) is 1. The molecule has 2 heteroatoms. The Balaban J connectivity index is 2.61. The van der Waals surface area contributed by atoms with Crippen LogP contribution in [0.1, 0.15) is 6.42 Å². The molecular weight excluding hydrogens is 126 g/mol. The number of carbonyl (C=O) groups excluding carboxylic acids is 1. The quantitative estimate of drug-likeness (QED) is 0.539. The molecule has 0 fully saturated rings. The summed E-state index contributed by atoms with van der Waals surface area (Å²) in [5, 5.41) is 2.82. The number of nitrogens with one attached hydrogen (secondary N) is 1. The van der Waals surface area contributed by atoms with Crippen LogP contribution in [-0.2, 0) is 4.79 Å². The molecule has 10 heavy (non-hydrogen) atoms. The molecule has 1 aliphatic heterocycles. The molecule has 0 aliphatic carbocycles. The van der Waals surface area contributed by atoms with E-state index >= 15 is 0 Å². The second kappa shape index (κ2) is 3.67. The molecule has 52 valence electrons. The molecule has 0 aromatic carbocycles. The first kappa shape index (κ1) is 6.81. The Morgan fingerprint density at radius 3 is 3.10 bits per heavy atom. The van der Waals surface area contributed by atoms with Crippen molar-refractivity contribution in [3.05, 3.63) is 36.7 Å². The normalized spacial score (nSPS) is 27.0. The zero-order valence-electron chi connectivity index (χ0n) is 5.58. The fraction of sp³-hybridized carbons (Fsp3) is 0.125. The number of hydrogen-bond acceptors (Lipinski definition) is 2. The largest absolute Gasteiger partial charge is 0.368 e. The van der Waals surface area contributed by atoms with Crippen LogP contribution >= 0.6 is 0 Å². The molecule has 0 atom stereocenters. The SMILES string of the molecule is O=C1/C=C\N/C=C\C=C/C1. The summed E-state index contributed by atoms with van der Waals surface area (Å²) in [4.78, 5) is 10.8. The van der Waals surface area contributed by atoms with Crippen LogP contribution in [0.15, 0.2) is 36.7 Å². The standard InChI is InChI=1S/C8H9NO/c10-8-4-2-1-3-6-9-7-5-8/h1-3,5-7,9H,4H2/b2-1-,6-3-,7-5-. The average Bonchev–Trinajstić information content (AvgIpc) is 2.02. The van der Waals surface area contributed by atoms with Crippen molar-refractivity contribution in [1.29, 1.82) is 0 Å². The van der Waals surface area contributed by atoms with Crippen LogP contribution in [0.3, 0.4) is 0 Å². The van der Waals surface area contributed by atoms with E-state index in [4.69, 9.17) is 0 Å². The minimum atomic E-state index is 0.118. The van der Waals surface area contributed by atoms with Gasteiger partial charge in [0.15, 0.2) is 5.78 Å². The van der Waals surface area contributed by atoms with Crippen molar-refractivity contribution in [2.75, 3.05) is 0 Å². The van der Waals surface area contributed by atoms with Crippen LogP contribution in [0.2, 0.25) is 0 Å². The smallest absolute Gasteiger partial charge is 0.160 e. The van der Waals surface area contributed by atoms with Gasteiger partial charge < -0.3 is 5.32 Å². The van der Waals surface area contributed by atoms with E-state index in [9.17, 15) is 4.79 Å². The van der Waals surface area contributed by atoms with Gasteiger partial charge in [0.1, 0.15) is 0 Å². The molecule has 1 aliphatic rings. The lowest BCUT2D eigenvalue weighted by molar-refractivity contribution is -0.113. The monoisotopic (exact) mass is 135 g/mol. The molecule has 1 N–H and O–H groups in total. The maximum atomic E-state index is 10.8. The van der Waals surface area contributed by atoms with Gasteiger partial charge in [0, 0.05) is 18.8 Å². The zero-order valence-corrected chi connectivity index (χ0v) is 5.58. The summed E-state index contributed by atoms with van der Waals surface area (Å²) in [6.45, 7) is 0. The number of ketones is 1. The van der Waals surface area contributed by atoms with Crippen LogP contribution in [-0.4, -0.2) is 5.78 Å². The molecule has 1 heterocycles. The van der Waals surface area contributed by atoms with Gasteiger partial charge in [-0.15, -0.1) is 0 Å². The maximum Gasteiger partial charge on any atom is 0.160 e. The summed E-state index contributed by atoms with van der Waals surface area (Å²) in [5.41, 5.74) is 0. The first-order valence-electron chi connectivity index (χ1n) is 3.17. The van der Waals surface area contributed by atoms with E-state index in [2.05, 4.69) is 5.32 Å². The Morgan fingerprint density at radius 1 is 1.30 bits per heavy atom. The molecule has 0 aromatic heterocycles. The fourth-order valence-electron chi connectivity index (χ4n) is 0.639. The third kappa shape index (κ3) is 2.31. The highest BCUT2D eigenvalue weighted by atomic mass is 16.1. The second-order valence-corrected chi connectivity index (χ2v) is 1.96. The lowest BCUT2D eigenvalue weighted by atomic mass is 10.2. The van der Waals surface area contributed by atoms with Crippen molar-refractivity contribution < 1.29 is 4.79 Å². The summed E-state index contributed by atoms with van der Waals surface area (Å²) in [5.74, 6) is 0.118. The lowest BCUT2D eigenvalue weighted by Gasteiger charge is -1.85. The minimum absolute atomic E-state index is 0.118. The van der Waals surface area contributed by atoms with Gasteiger partial charge in [-0.2, -0.15) is 0 Å². The number of carbonyl (C=O) groups is 1. The first-order valence-corrected chi connectivity index (χ1v) is 3.17. The molecule has 0 spiro atoms. The van der Waals surface area contributed by atoms with Crippen LogP contribution in [0.4, 0.5) is 0 Å². The van der Waals surface area contributed by atoms with Crippen LogP contribution in [0.5, 0.6) is 0 Å². The molecule has 0 aromatic rings. The predicted molar refractivity (Wildman–Crippen MR) is 40.2 cm³/mol. The van der Waals surface area contributed by atoms with Crippen molar-refractivity contribution in [3.8, 4) is 0 Å². The average molecular weight is 135 g/mol. The van der Waals surface area contributed by atoms with Gasteiger partial charge >= 0.3 is 0 Å². The van der Waals surface area contributed by atoms with E-state index < -0.39 is 0 Å². The molecule has 1 rings (SSSR count). The number of allylic oxidation sites excluding steroid dienone is 4. The van der Waals surface area contributed by atoms with Gasteiger partial charge in [0.2, 0.25) is 0 Å². The molecule has 0 radical (unpaired) electrons. The highest BCUT2D eigenvalue weighted by molar-refractivity contribution is 5.90. The van der Waals surface area contributed by atoms with Crippen molar-refractivity contribution in [2.45, 2.75) is 6.42 Å². The Hall–Kier alpha value is -1.31. The summed E-state index contributed by atoms with van der Waals surface area (Å²) in [7, 11) is 0. The highest BCUT2D eigenvalue weighted by Gasteiger charge is 1.90. The molecule has 0 unspecified atom stereocenters. The van der Waals surface area contributed by atoms with E-state index in [1.807, 2.05) is 18.2 Å². The van der Waals surface area contributed by atoms with E-state index in [1.54, 1.807) is 12.4 Å². The molecule has 2 nitrogen and oxygen atoms in total. The fourth-order valence-corrected chi connectivity index (χ4v) is 0.639. The van der Waals surface area contributed by atoms with Gasteiger partial charge in [-0.3, -0.25) is 4.79 Å². The Labute approximate surface area is 59.9 Å². The minimum Gasteiger partial charge on any atom is -0.368 e. The Morgan fingerprint density at radius 2 is 2.20 bits per heavy atom. The van der Waals surface area contributed by atoms with Gasteiger partial charge in [0.05, 0.1) is 0 Å². The van der Waals surface area contributed by atoms with Crippen molar-refractivity contribution in [2.24, 2.45) is 0 Å². The molecule has 0 saturated heterocycles. The van der Waals surface area contributed by atoms with E-state index in [0.717, 1.165) is 0 Å². The molecule has 0 saturated carbocycles. The Kier molecular flexibility index (Phi) is 2.49. The van der Waals surface area contributed by atoms with Crippen molar-refractivity contribution >= 4 is 5.78 Å². The summed E-state index contributed by atoms with van der Waals surface area (Å²) in [6, 6.07) is 0. The van der Waals surface area contributed by atoms with Crippen LogP contribution in [0.25, 0.3) is 0 Å². The summed E-state index contributed by atoms with van der Waals surface area (Å²) < 4.78 is 0. The van der Waals surface area contributed by atoms with E-state index in [-0.39, 0.29) is 5.78 Å². The predicted octanol–water partition coefficient (Wildman–Crippen LogP) is 1.13. The summed E-state index contributed by atoms with van der Waals surface area (Å²) >= 11 is 0. The third-order valence-electron chi connectivity index (χ3n) is 1.12. The molecule has 0 bridgehead atoms. The van der Waals surface area contributed by atoms with Gasteiger partial charge in [-0.05, 0) is 12.2 Å². The van der Waals surface area contributed by atoms with Crippen molar-refractivity contribution in [3.63, 3.8) is 0 Å². The number of rotatable bonds is 0. The second-order valence-electron chi connectivity index (χ2n) is 1.96. The van der Waals surface area contributed by atoms with Crippen molar-refractivity contribution in [1.82, 2.24) is 5.32 Å². The molecule has 0 amide bonds. The lowest BCUT2D eigenvalue weighted by Crippen LogP contribution is -1.94. The van der Waals surface area contributed by atoms with Crippen LogP contribution < -0.4 is 5.32 Å². The van der Waals surface area contributed by atoms with Crippen LogP contribution in [0, 0.1) is 0 Å². The molecular formula is C8H9NO. The summed E-state index contributed by atoms with van der Waals surface area (Å²) in [6.07, 6.45) is 10.9.